The van der Waals surface area contributed by atoms with Gasteiger partial charge in [-0.1, -0.05) is 23.7 Å². The van der Waals surface area contributed by atoms with Gasteiger partial charge in [-0.2, -0.15) is 18.3 Å². The molecular weight excluding hydrogens is 515 g/mol. The minimum atomic E-state index is -4.69. The first kappa shape index (κ1) is 24.4. The van der Waals surface area contributed by atoms with Gasteiger partial charge in [-0.15, -0.1) is 11.3 Å². The molecule has 1 aliphatic rings. The van der Waals surface area contributed by atoms with Gasteiger partial charge in [0, 0.05) is 32.2 Å². The van der Waals surface area contributed by atoms with E-state index >= 15 is 0 Å². The van der Waals surface area contributed by atoms with E-state index in [-0.39, 0.29) is 17.0 Å². The monoisotopic (exact) mass is 535 g/mol. The van der Waals surface area contributed by atoms with Gasteiger partial charge in [-0.05, 0) is 37.3 Å². The Bertz CT molecular complexity index is 1410. The van der Waals surface area contributed by atoms with E-state index in [0.29, 0.717) is 46.5 Å². The second-order valence-electron chi connectivity index (χ2n) is 8.11. The normalized spacial score (nSPS) is 14.5. The van der Waals surface area contributed by atoms with Crippen molar-refractivity contribution >= 4 is 40.2 Å². The van der Waals surface area contributed by atoms with Crippen molar-refractivity contribution in [2.24, 2.45) is 0 Å². The lowest BCUT2D eigenvalue weighted by molar-refractivity contribution is -0.142. The van der Waals surface area contributed by atoms with Gasteiger partial charge < -0.3 is 14.5 Å². The highest BCUT2D eigenvalue weighted by molar-refractivity contribution is 7.19. The highest BCUT2D eigenvalue weighted by atomic mass is 35.5. The van der Waals surface area contributed by atoms with Crippen molar-refractivity contribution in [1.29, 1.82) is 0 Å². The van der Waals surface area contributed by atoms with Gasteiger partial charge in [0.05, 0.1) is 27.2 Å². The number of piperazine rings is 1. The second kappa shape index (κ2) is 9.62. The van der Waals surface area contributed by atoms with Crippen LogP contribution in [0.2, 0.25) is 4.34 Å². The number of alkyl halides is 3. The lowest BCUT2D eigenvalue weighted by Crippen LogP contribution is -2.49. The zero-order chi connectivity index (χ0) is 25.4. The first-order chi connectivity index (χ1) is 17.2. The number of halogens is 4. The van der Waals surface area contributed by atoms with Crippen LogP contribution in [0.15, 0.2) is 48.5 Å². The summed E-state index contributed by atoms with van der Waals surface area (Å²) < 4.78 is 48.4. The Balaban J connectivity index is 1.40. The largest absolute Gasteiger partial charge is 0.492 e. The van der Waals surface area contributed by atoms with Crippen molar-refractivity contribution in [3.63, 3.8) is 0 Å². The lowest BCUT2D eigenvalue weighted by atomic mass is 10.2. The van der Waals surface area contributed by atoms with Gasteiger partial charge in [0.15, 0.2) is 17.0 Å². The number of ether oxygens (including phenoxy) is 1. The predicted octanol–water partition coefficient (Wildman–Crippen LogP) is 5.49. The van der Waals surface area contributed by atoms with Crippen LogP contribution in [0.5, 0.6) is 5.75 Å². The molecule has 1 fully saturated rings. The fraction of sp³-hybridized carbons (Fsp3) is 0.292. The summed E-state index contributed by atoms with van der Waals surface area (Å²) >= 11 is 7.08. The van der Waals surface area contributed by atoms with Gasteiger partial charge in [-0.3, -0.25) is 4.79 Å². The molecule has 0 N–H and O–H groups in total. The quantitative estimate of drug-likeness (QED) is 0.338. The van der Waals surface area contributed by atoms with Crippen molar-refractivity contribution in [1.82, 2.24) is 19.5 Å². The number of thiophene rings is 1. The van der Waals surface area contributed by atoms with Gasteiger partial charge in [0.25, 0.3) is 5.91 Å². The molecule has 7 nitrogen and oxygen atoms in total. The summed E-state index contributed by atoms with van der Waals surface area (Å²) in [7, 11) is 0. The topological polar surface area (TPSA) is 63.0 Å². The zero-order valence-corrected chi connectivity index (χ0v) is 20.7. The summed E-state index contributed by atoms with van der Waals surface area (Å²) in [4.78, 5) is 21.7. The number of fused-ring (bicyclic) bond motifs is 1. The van der Waals surface area contributed by atoms with Crippen molar-refractivity contribution < 1.29 is 22.7 Å². The van der Waals surface area contributed by atoms with Gasteiger partial charge >= 0.3 is 6.18 Å². The molecule has 188 valence electrons. The Hall–Kier alpha value is -3.31. The van der Waals surface area contributed by atoms with E-state index in [1.807, 2.05) is 31.2 Å². The summed E-state index contributed by atoms with van der Waals surface area (Å²) in [5.41, 5.74) is -0.0930. The van der Waals surface area contributed by atoms with Crippen molar-refractivity contribution in [3.8, 4) is 16.3 Å². The standard InChI is InChI=1S/C24H21ClF3N5O2S/c1-2-35-18-6-4-3-5-17(18)31-9-11-32(12-10-31)23(34)16-14-22-29-15(19-7-8-21(25)36-19)13-20(24(26,27)28)33(22)30-16/h3-8,13-14H,2,9-12H2,1H3. The predicted molar refractivity (Wildman–Crippen MR) is 132 cm³/mol. The van der Waals surface area contributed by atoms with Crippen LogP contribution in [0.4, 0.5) is 18.9 Å². The fourth-order valence-electron chi connectivity index (χ4n) is 4.17. The molecule has 0 radical (unpaired) electrons. The van der Waals surface area contributed by atoms with Crippen LogP contribution in [0.25, 0.3) is 16.2 Å². The molecule has 0 atom stereocenters. The molecular formula is C24H21ClF3N5O2S. The Morgan fingerprint density at radius 3 is 2.53 bits per heavy atom. The van der Waals surface area contributed by atoms with Crippen LogP contribution in [0.3, 0.4) is 0 Å². The number of benzene rings is 1. The third kappa shape index (κ3) is 4.72. The Morgan fingerprint density at radius 2 is 1.86 bits per heavy atom. The molecule has 4 heterocycles. The van der Waals surface area contributed by atoms with Gasteiger partial charge in [0.1, 0.15) is 5.75 Å². The van der Waals surface area contributed by atoms with Crippen LogP contribution in [0.1, 0.15) is 23.1 Å². The van der Waals surface area contributed by atoms with Crippen LogP contribution < -0.4 is 9.64 Å². The molecule has 1 aliphatic heterocycles. The summed E-state index contributed by atoms with van der Waals surface area (Å²) in [6.45, 7) is 4.35. The minimum absolute atomic E-state index is 0.0584. The molecule has 0 saturated carbocycles. The summed E-state index contributed by atoms with van der Waals surface area (Å²) in [6.07, 6.45) is -4.69. The summed E-state index contributed by atoms with van der Waals surface area (Å²) in [5.74, 6) is 0.334. The van der Waals surface area contributed by atoms with Crippen LogP contribution in [-0.4, -0.2) is 58.2 Å². The Morgan fingerprint density at radius 1 is 1.11 bits per heavy atom. The molecule has 0 spiro atoms. The smallest absolute Gasteiger partial charge is 0.433 e. The first-order valence-corrected chi connectivity index (χ1v) is 12.4. The number of hydrogen-bond acceptors (Lipinski definition) is 6. The van der Waals surface area contributed by atoms with E-state index in [0.717, 1.165) is 28.8 Å². The van der Waals surface area contributed by atoms with E-state index in [2.05, 4.69) is 15.0 Å². The lowest BCUT2D eigenvalue weighted by Gasteiger charge is -2.36. The molecule has 36 heavy (non-hydrogen) atoms. The minimum Gasteiger partial charge on any atom is -0.492 e. The third-order valence-electron chi connectivity index (χ3n) is 5.84. The van der Waals surface area contributed by atoms with Crippen molar-refractivity contribution in [2.45, 2.75) is 13.1 Å². The van der Waals surface area contributed by atoms with E-state index in [4.69, 9.17) is 16.3 Å². The number of para-hydroxylation sites is 2. The van der Waals surface area contributed by atoms with E-state index in [1.165, 1.54) is 6.07 Å². The average Bonchev–Trinajstić information content (AvgIpc) is 3.49. The van der Waals surface area contributed by atoms with E-state index < -0.39 is 17.8 Å². The molecule has 1 aromatic carbocycles. The summed E-state index contributed by atoms with van der Waals surface area (Å²) in [6, 6.07) is 13.1. The first-order valence-electron chi connectivity index (χ1n) is 11.2. The number of anilines is 1. The maximum absolute atomic E-state index is 13.9. The SMILES string of the molecule is CCOc1ccccc1N1CCN(C(=O)c2cc3nc(-c4ccc(Cl)s4)cc(C(F)(F)F)n3n2)CC1. The maximum atomic E-state index is 13.9. The molecule has 0 aliphatic carbocycles. The zero-order valence-electron chi connectivity index (χ0n) is 19.1. The number of rotatable bonds is 5. The molecule has 5 rings (SSSR count). The summed E-state index contributed by atoms with van der Waals surface area (Å²) in [5, 5.41) is 4.00. The van der Waals surface area contributed by atoms with Crippen LogP contribution in [0, 0.1) is 0 Å². The number of carbonyl (C=O) groups is 1. The fourth-order valence-corrected chi connectivity index (χ4v) is 5.17. The Labute approximate surface area is 213 Å². The highest BCUT2D eigenvalue weighted by Gasteiger charge is 2.36. The molecule has 1 saturated heterocycles. The number of carbonyl (C=O) groups excluding carboxylic acids is 1. The van der Waals surface area contributed by atoms with Gasteiger partial charge in [0.2, 0.25) is 0 Å². The Kier molecular flexibility index (Phi) is 6.52. The molecule has 3 aromatic heterocycles. The number of amides is 1. The average molecular weight is 536 g/mol. The van der Waals surface area contributed by atoms with Crippen LogP contribution >= 0.6 is 22.9 Å². The van der Waals surface area contributed by atoms with Crippen molar-refractivity contribution in [2.75, 3.05) is 37.7 Å². The molecule has 0 bridgehead atoms. The van der Waals surface area contributed by atoms with Gasteiger partial charge in [-0.25, -0.2) is 9.50 Å². The number of hydrogen-bond donors (Lipinski definition) is 0. The van der Waals surface area contributed by atoms with Crippen molar-refractivity contribution in [3.05, 3.63) is 64.3 Å². The number of aromatic nitrogens is 3. The number of nitrogens with zero attached hydrogens (tertiary/aromatic N) is 5. The maximum Gasteiger partial charge on any atom is 0.433 e. The van der Waals surface area contributed by atoms with E-state index in [9.17, 15) is 18.0 Å². The van der Waals surface area contributed by atoms with E-state index in [1.54, 1.807) is 17.0 Å². The third-order valence-corrected chi connectivity index (χ3v) is 7.09. The molecule has 12 heteroatoms. The molecule has 0 unspecified atom stereocenters. The molecule has 4 aromatic rings. The van der Waals surface area contributed by atoms with Crippen LogP contribution in [-0.2, 0) is 6.18 Å². The molecule has 1 amide bonds. The highest BCUT2D eigenvalue weighted by Crippen LogP contribution is 2.35. The second-order valence-corrected chi connectivity index (χ2v) is 9.82.